The molecule has 5 aromatic rings. The van der Waals surface area contributed by atoms with Crippen LogP contribution < -0.4 is 10.1 Å². The number of hydrogen-bond donors (Lipinski definition) is 2. The van der Waals surface area contributed by atoms with E-state index in [0.717, 1.165) is 66.2 Å². The zero-order valence-corrected chi connectivity index (χ0v) is 20.5. The number of pyridine rings is 1. The number of nitrogens with one attached hydrogen (secondary N) is 1. The third-order valence-electron chi connectivity index (χ3n) is 7.67. The maximum Gasteiger partial charge on any atom is 0.158 e. The normalized spacial score (nSPS) is 21.6. The Morgan fingerprint density at radius 1 is 0.973 bits per heavy atom. The number of aromatic nitrogens is 6. The van der Waals surface area contributed by atoms with Crippen LogP contribution in [0.2, 0.25) is 0 Å². The quantitative estimate of drug-likeness (QED) is 0.362. The Hall–Kier alpha value is -4.02. The number of aryl methyl sites for hydroxylation is 1. The molecule has 2 saturated heterocycles. The Balaban J connectivity index is 1.13. The van der Waals surface area contributed by atoms with Gasteiger partial charge in [-0.1, -0.05) is 0 Å². The molecule has 10 nitrogen and oxygen atoms in total. The van der Waals surface area contributed by atoms with E-state index in [-0.39, 0.29) is 6.10 Å². The summed E-state index contributed by atoms with van der Waals surface area (Å²) < 4.78 is 9.71. The Labute approximate surface area is 213 Å². The summed E-state index contributed by atoms with van der Waals surface area (Å²) >= 11 is 0. The van der Waals surface area contributed by atoms with Crippen molar-refractivity contribution in [3.8, 4) is 11.5 Å². The Morgan fingerprint density at radius 3 is 2.59 bits per heavy atom. The number of anilines is 2. The molecule has 0 amide bonds. The zero-order valence-electron chi connectivity index (χ0n) is 20.5. The zero-order chi connectivity index (χ0) is 24.9. The average molecular weight is 497 g/mol. The second kappa shape index (κ2) is 8.82. The Morgan fingerprint density at radius 2 is 1.76 bits per heavy atom. The second-order valence-corrected chi connectivity index (χ2v) is 10.1. The molecular weight excluding hydrogens is 468 g/mol. The predicted molar refractivity (Wildman–Crippen MR) is 138 cm³/mol. The highest BCUT2D eigenvalue weighted by Crippen LogP contribution is 2.38. The van der Waals surface area contributed by atoms with Gasteiger partial charge in [0.1, 0.15) is 29.7 Å². The molecule has 0 spiro atoms. The van der Waals surface area contributed by atoms with Gasteiger partial charge in [0.25, 0.3) is 0 Å². The first kappa shape index (κ1) is 22.2. The van der Waals surface area contributed by atoms with Gasteiger partial charge in [-0.3, -0.25) is 4.90 Å². The molecule has 2 aliphatic rings. The topological polar surface area (TPSA) is 105 Å². The fourth-order valence-corrected chi connectivity index (χ4v) is 5.90. The first-order valence-electron chi connectivity index (χ1n) is 12.7. The molecule has 2 bridgehead atoms. The molecule has 6 heterocycles. The predicted octanol–water partition coefficient (Wildman–Crippen LogP) is 4.10. The number of piperidine rings is 1. The van der Waals surface area contributed by atoms with E-state index in [2.05, 4.69) is 42.5 Å². The maximum atomic E-state index is 10.2. The summed E-state index contributed by atoms with van der Waals surface area (Å²) in [5.41, 5.74) is 4.82. The number of hydrogen-bond acceptors (Lipinski definition) is 8. The lowest BCUT2D eigenvalue weighted by Gasteiger charge is -2.37. The first-order valence-corrected chi connectivity index (χ1v) is 12.7. The van der Waals surface area contributed by atoms with Crippen LogP contribution in [0.25, 0.3) is 11.2 Å². The number of aliphatic hydroxyl groups is 1. The summed E-state index contributed by atoms with van der Waals surface area (Å²) in [5, 5.41) is 22.3. The van der Waals surface area contributed by atoms with Crippen LogP contribution in [0.1, 0.15) is 36.8 Å². The number of ether oxygens (including phenoxy) is 1. The molecule has 1 aromatic carbocycles. The van der Waals surface area contributed by atoms with Gasteiger partial charge in [-0.15, -0.1) is 0 Å². The van der Waals surface area contributed by atoms with E-state index in [9.17, 15) is 5.11 Å². The highest BCUT2D eigenvalue weighted by atomic mass is 16.5. The van der Waals surface area contributed by atoms with E-state index in [1.165, 1.54) is 11.9 Å². The molecular formula is C27H28N8O2. The lowest BCUT2D eigenvalue weighted by Crippen LogP contribution is -2.44. The van der Waals surface area contributed by atoms with Gasteiger partial charge in [0.15, 0.2) is 11.5 Å². The largest absolute Gasteiger partial charge is 0.457 e. The fourth-order valence-electron chi connectivity index (χ4n) is 5.90. The van der Waals surface area contributed by atoms with Crippen LogP contribution in [0.3, 0.4) is 0 Å². The Bertz CT molecular complexity index is 1580. The molecule has 2 fully saturated rings. The minimum Gasteiger partial charge on any atom is -0.457 e. The molecule has 37 heavy (non-hydrogen) atoms. The molecule has 188 valence electrons. The molecule has 7 rings (SSSR count). The smallest absolute Gasteiger partial charge is 0.158 e. The summed E-state index contributed by atoms with van der Waals surface area (Å²) in [6.45, 7) is 2.86. The summed E-state index contributed by atoms with van der Waals surface area (Å²) in [6.07, 6.45) is 10.8. The first-order chi connectivity index (χ1) is 18.1. The van der Waals surface area contributed by atoms with E-state index in [4.69, 9.17) is 4.74 Å². The van der Waals surface area contributed by atoms with Crippen LogP contribution >= 0.6 is 0 Å². The van der Waals surface area contributed by atoms with Gasteiger partial charge in [-0.05, 0) is 74.1 Å². The monoisotopic (exact) mass is 496 g/mol. The van der Waals surface area contributed by atoms with Gasteiger partial charge in [0.2, 0.25) is 0 Å². The van der Waals surface area contributed by atoms with Crippen molar-refractivity contribution >= 4 is 22.7 Å². The van der Waals surface area contributed by atoms with Crippen LogP contribution in [-0.4, -0.2) is 57.4 Å². The van der Waals surface area contributed by atoms with Gasteiger partial charge in [0, 0.05) is 42.8 Å². The molecule has 10 heteroatoms. The molecule has 0 saturated carbocycles. The number of nitrogens with zero attached hydrogens (tertiary/aromatic N) is 7. The summed E-state index contributed by atoms with van der Waals surface area (Å²) in [5.74, 6) is 2.25. The Kier molecular flexibility index (Phi) is 5.29. The van der Waals surface area contributed by atoms with Crippen molar-refractivity contribution in [2.75, 3.05) is 5.32 Å². The molecule has 0 radical (unpaired) electrons. The summed E-state index contributed by atoms with van der Waals surface area (Å²) in [4.78, 5) is 11.4. The number of fused-ring (bicyclic) bond motifs is 4. The highest BCUT2D eigenvalue weighted by molar-refractivity contribution is 5.76. The fraction of sp³-hybridized carbons (Fsp3) is 0.333. The van der Waals surface area contributed by atoms with Crippen molar-refractivity contribution in [3.63, 3.8) is 0 Å². The van der Waals surface area contributed by atoms with Crippen molar-refractivity contribution in [3.05, 3.63) is 72.6 Å². The molecule has 3 atom stereocenters. The van der Waals surface area contributed by atoms with E-state index < -0.39 is 0 Å². The summed E-state index contributed by atoms with van der Waals surface area (Å²) in [7, 11) is 0. The van der Waals surface area contributed by atoms with Gasteiger partial charge in [-0.25, -0.2) is 19.0 Å². The molecule has 1 unspecified atom stereocenters. The van der Waals surface area contributed by atoms with Crippen molar-refractivity contribution in [2.45, 2.75) is 57.3 Å². The van der Waals surface area contributed by atoms with E-state index in [1.54, 1.807) is 10.8 Å². The standard InChI is InChI=1S/C27H28N8O2/c1-17-10-19(2-5-24(17)37-23-7-9-34-25(13-23)28-15-30-34)32-27-26-18(6-8-35(26)31-16-29-27)14-33-20-3-4-21(33)12-22(36)11-20/h2,5-10,13,15-16,20-22,36H,3-4,11-12,14H2,1H3,(H,29,31,32)/t20-,21+,22?. The van der Waals surface area contributed by atoms with Crippen molar-refractivity contribution in [2.24, 2.45) is 0 Å². The van der Waals surface area contributed by atoms with Crippen LogP contribution in [0, 0.1) is 6.92 Å². The third-order valence-corrected chi connectivity index (χ3v) is 7.67. The van der Waals surface area contributed by atoms with Gasteiger partial charge in [0.05, 0.1) is 6.10 Å². The van der Waals surface area contributed by atoms with Crippen molar-refractivity contribution < 1.29 is 9.84 Å². The number of rotatable bonds is 6. The van der Waals surface area contributed by atoms with Gasteiger partial charge >= 0.3 is 0 Å². The van der Waals surface area contributed by atoms with Crippen molar-refractivity contribution in [1.82, 2.24) is 34.1 Å². The molecule has 0 aliphatic carbocycles. The molecule has 4 aromatic heterocycles. The lowest BCUT2D eigenvalue weighted by molar-refractivity contribution is 0.0312. The van der Waals surface area contributed by atoms with Crippen LogP contribution in [0.15, 0.2) is 61.4 Å². The third kappa shape index (κ3) is 4.08. The lowest BCUT2D eigenvalue weighted by atomic mass is 9.99. The van der Waals surface area contributed by atoms with Crippen LogP contribution in [-0.2, 0) is 6.54 Å². The molecule has 2 N–H and O–H groups in total. The van der Waals surface area contributed by atoms with E-state index in [1.807, 2.05) is 48.1 Å². The van der Waals surface area contributed by atoms with Crippen molar-refractivity contribution in [1.29, 1.82) is 0 Å². The van der Waals surface area contributed by atoms with E-state index in [0.29, 0.717) is 17.8 Å². The highest BCUT2D eigenvalue weighted by Gasteiger charge is 2.40. The average Bonchev–Trinajstić information content (AvgIpc) is 3.58. The maximum absolute atomic E-state index is 10.2. The second-order valence-electron chi connectivity index (χ2n) is 10.1. The number of aliphatic hydroxyl groups excluding tert-OH is 1. The van der Waals surface area contributed by atoms with Gasteiger partial charge < -0.3 is 15.2 Å². The SMILES string of the molecule is Cc1cc(Nc2ncnn3ccc(CN4[C@@H]5CC[C@H]4CC(O)C5)c23)ccc1Oc1ccn2ncnc2c1. The number of benzene rings is 1. The minimum absolute atomic E-state index is 0.166. The van der Waals surface area contributed by atoms with Crippen LogP contribution in [0.5, 0.6) is 11.5 Å². The molecule has 2 aliphatic heterocycles. The van der Waals surface area contributed by atoms with Gasteiger partial charge in [-0.2, -0.15) is 10.2 Å². The summed E-state index contributed by atoms with van der Waals surface area (Å²) in [6, 6.07) is 12.8. The van der Waals surface area contributed by atoms with Crippen LogP contribution in [0.4, 0.5) is 11.5 Å². The minimum atomic E-state index is -0.166. The van der Waals surface area contributed by atoms with E-state index >= 15 is 0 Å².